The lowest BCUT2D eigenvalue weighted by Gasteiger charge is -2.20. The third-order valence-corrected chi connectivity index (χ3v) is 11.9. The van der Waals surface area contributed by atoms with Crippen molar-refractivity contribution >= 4 is 57.6 Å². The van der Waals surface area contributed by atoms with E-state index in [1.165, 1.54) is 0 Å². The molecule has 1 unspecified atom stereocenters. The summed E-state index contributed by atoms with van der Waals surface area (Å²) in [5, 5.41) is 9.59. The summed E-state index contributed by atoms with van der Waals surface area (Å²) in [4.78, 5) is 70.9. The van der Waals surface area contributed by atoms with Crippen LogP contribution in [-0.4, -0.2) is 75.6 Å². The summed E-state index contributed by atoms with van der Waals surface area (Å²) >= 11 is 0. The molecular weight excluding hydrogens is 893 g/mol. The molecule has 0 bridgehead atoms. The normalized spacial score (nSPS) is 11.4. The van der Waals surface area contributed by atoms with Crippen LogP contribution in [0.2, 0.25) is 0 Å². The molecular formula is C56H78N2O12. The molecule has 4 rings (SSSR count). The van der Waals surface area contributed by atoms with Crippen LogP contribution in [0.3, 0.4) is 0 Å². The SMILES string of the molecule is CCC(C)(C)C(=O)OCCCOC(=O)CCCCCCCCCC(=O)Oc1cccc2ccccc12.CCC(C)C(=O)OCCOC(=O)NCCCCCCCNC(=O)Oc1ccc2ccccc2c1. The summed E-state index contributed by atoms with van der Waals surface area (Å²) in [5.74, 6) is 0.132. The van der Waals surface area contributed by atoms with Gasteiger partial charge in [0.25, 0.3) is 0 Å². The number of carbonyl (C=O) groups is 6. The van der Waals surface area contributed by atoms with E-state index in [0.29, 0.717) is 43.9 Å². The summed E-state index contributed by atoms with van der Waals surface area (Å²) < 4.78 is 31.3. The maximum atomic E-state index is 12.2. The average Bonchev–Trinajstić information content (AvgIpc) is 3.36. The fourth-order valence-electron chi connectivity index (χ4n) is 6.87. The van der Waals surface area contributed by atoms with Crippen molar-refractivity contribution in [2.45, 2.75) is 144 Å². The molecule has 0 aliphatic rings. The zero-order valence-electron chi connectivity index (χ0n) is 42.3. The van der Waals surface area contributed by atoms with Crippen molar-refractivity contribution in [2.75, 3.05) is 39.5 Å². The van der Waals surface area contributed by atoms with Gasteiger partial charge in [-0.25, -0.2) is 9.59 Å². The van der Waals surface area contributed by atoms with E-state index < -0.39 is 17.6 Å². The van der Waals surface area contributed by atoms with Crippen LogP contribution in [0, 0.1) is 11.3 Å². The van der Waals surface area contributed by atoms with Crippen LogP contribution >= 0.6 is 0 Å². The molecule has 384 valence electrons. The van der Waals surface area contributed by atoms with Gasteiger partial charge in [-0.05, 0) is 86.7 Å². The number of amides is 2. The largest absolute Gasteiger partial charge is 0.466 e. The van der Waals surface area contributed by atoms with Gasteiger partial charge in [0.2, 0.25) is 0 Å². The van der Waals surface area contributed by atoms with E-state index in [1.54, 1.807) is 13.0 Å². The fraction of sp³-hybridized carbons (Fsp3) is 0.536. The number of carbonyl (C=O) groups excluding carboxylic acids is 6. The van der Waals surface area contributed by atoms with Crippen LogP contribution in [0.1, 0.15) is 144 Å². The summed E-state index contributed by atoms with van der Waals surface area (Å²) in [7, 11) is 0. The van der Waals surface area contributed by atoms with Gasteiger partial charge >= 0.3 is 36.1 Å². The molecule has 14 nitrogen and oxygen atoms in total. The Hall–Kier alpha value is -6.18. The molecule has 0 saturated heterocycles. The third-order valence-electron chi connectivity index (χ3n) is 11.9. The first-order valence-electron chi connectivity index (χ1n) is 25.4. The van der Waals surface area contributed by atoms with E-state index in [4.69, 9.17) is 28.4 Å². The van der Waals surface area contributed by atoms with Crippen LogP contribution in [0.4, 0.5) is 9.59 Å². The quantitative estimate of drug-likeness (QED) is 0.0211. The Morgan fingerprint density at radius 1 is 0.514 bits per heavy atom. The second kappa shape index (κ2) is 34.2. The fourth-order valence-corrected chi connectivity index (χ4v) is 6.87. The van der Waals surface area contributed by atoms with Gasteiger partial charge in [-0.2, -0.15) is 0 Å². The Labute approximate surface area is 415 Å². The first-order chi connectivity index (χ1) is 33.8. The van der Waals surface area contributed by atoms with Gasteiger partial charge in [0, 0.05) is 37.7 Å². The molecule has 70 heavy (non-hydrogen) atoms. The lowest BCUT2D eigenvalue weighted by atomic mass is 9.91. The van der Waals surface area contributed by atoms with Gasteiger partial charge in [-0.3, -0.25) is 19.2 Å². The third kappa shape index (κ3) is 24.4. The van der Waals surface area contributed by atoms with Crippen molar-refractivity contribution in [3.05, 3.63) is 84.9 Å². The summed E-state index contributed by atoms with van der Waals surface area (Å²) in [6, 6.07) is 27.1. The maximum Gasteiger partial charge on any atom is 0.412 e. The van der Waals surface area contributed by atoms with Gasteiger partial charge in [0.05, 0.1) is 24.5 Å². The lowest BCUT2D eigenvalue weighted by Crippen LogP contribution is -2.27. The standard InChI is InChI=1S/C30H42O6.C26H36N2O6/c1-4-30(2,3)29(33)35-23-15-22-34-27(31)20-10-8-6-5-7-9-11-21-28(32)36-26-19-14-17-24-16-12-13-18-25(24)26;1-3-20(2)24(29)32-17-18-33-25(30)27-15-9-5-4-6-10-16-28-26(31)34-23-14-13-21-11-7-8-12-22(21)19-23/h12-14,16-19H,4-11,15,20-23H2,1-3H3;7-8,11-14,19-20H,3-6,9-10,15-18H2,1-2H3,(H,27,30)(H,28,31). The highest BCUT2D eigenvalue weighted by Crippen LogP contribution is 2.26. The number of benzene rings is 4. The van der Waals surface area contributed by atoms with E-state index in [-0.39, 0.29) is 56.2 Å². The number of fused-ring (bicyclic) bond motifs is 2. The van der Waals surface area contributed by atoms with Crippen molar-refractivity contribution in [3.63, 3.8) is 0 Å². The van der Waals surface area contributed by atoms with E-state index in [0.717, 1.165) is 111 Å². The smallest absolute Gasteiger partial charge is 0.412 e. The van der Waals surface area contributed by atoms with Gasteiger partial charge in [-0.15, -0.1) is 0 Å². The lowest BCUT2D eigenvalue weighted by molar-refractivity contribution is -0.155. The molecule has 2 amide bonds. The number of hydrogen-bond acceptors (Lipinski definition) is 12. The van der Waals surface area contributed by atoms with Crippen LogP contribution in [0.5, 0.6) is 11.5 Å². The van der Waals surface area contributed by atoms with E-state index in [9.17, 15) is 28.8 Å². The molecule has 0 heterocycles. The van der Waals surface area contributed by atoms with Crippen LogP contribution in [-0.2, 0) is 38.1 Å². The number of unbranched alkanes of at least 4 members (excludes halogenated alkanes) is 10. The monoisotopic (exact) mass is 971 g/mol. The minimum absolute atomic E-state index is 0.0459. The molecule has 14 heteroatoms. The number of nitrogens with one attached hydrogen (secondary N) is 2. The molecule has 0 spiro atoms. The van der Waals surface area contributed by atoms with Crippen LogP contribution in [0.15, 0.2) is 84.9 Å². The summed E-state index contributed by atoms with van der Waals surface area (Å²) in [6.45, 7) is 11.1. The van der Waals surface area contributed by atoms with Crippen molar-refractivity contribution in [1.82, 2.24) is 10.6 Å². The van der Waals surface area contributed by atoms with E-state index in [2.05, 4.69) is 10.6 Å². The summed E-state index contributed by atoms with van der Waals surface area (Å²) in [5.41, 5.74) is -0.472. The topological polar surface area (TPSA) is 182 Å². The average molecular weight is 971 g/mol. The second-order valence-electron chi connectivity index (χ2n) is 18.0. The van der Waals surface area contributed by atoms with Gasteiger partial charge < -0.3 is 39.1 Å². The maximum absolute atomic E-state index is 12.2. The molecule has 2 N–H and O–H groups in total. The number of hydrogen-bond donors (Lipinski definition) is 2. The Balaban J connectivity index is 0.000000371. The first-order valence-corrected chi connectivity index (χ1v) is 25.4. The molecule has 4 aromatic carbocycles. The van der Waals surface area contributed by atoms with Gasteiger partial charge in [0.1, 0.15) is 24.7 Å². The molecule has 0 aliphatic carbocycles. The Kier molecular flexibility index (Phi) is 28.4. The molecule has 1 atom stereocenters. The highest BCUT2D eigenvalue weighted by atomic mass is 16.6. The minimum Gasteiger partial charge on any atom is -0.466 e. The number of rotatable bonds is 31. The summed E-state index contributed by atoms with van der Waals surface area (Å²) in [6.07, 6.45) is 13.3. The van der Waals surface area contributed by atoms with Crippen molar-refractivity contribution in [2.24, 2.45) is 11.3 Å². The highest BCUT2D eigenvalue weighted by Gasteiger charge is 2.26. The van der Waals surface area contributed by atoms with Crippen LogP contribution in [0.25, 0.3) is 21.5 Å². The molecule has 0 aliphatic heterocycles. The van der Waals surface area contributed by atoms with E-state index in [1.807, 2.05) is 107 Å². The molecule has 0 aromatic heterocycles. The zero-order chi connectivity index (χ0) is 50.8. The van der Waals surface area contributed by atoms with E-state index >= 15 is 0 Å². The Bertz CT molecular complexity index is 2190. The Morgan fingerprint density at radius 3 is 1.74 bits per heavy atom. The van der Waals surface area contributed by atoms with Crippen molar-refractivity contribution in [1.29, 1.82) is 0 Å². The predicted octanol–water partition coefficient (Wildman–Crippen LogP) is 12.4. The van der Waals surface area contributed by atoms with Crippen LogP contribution < -0.4 is 20.1 Å². The Morgan fingerprint density at radius 2 is 1.07 bits per heavy atom. The van der Waals surface area contributed by atoms with Crippen molar-refractivity contribution < 1.29 is 57.2 Å². The second-order valence-corrected chi connectivity index (χ2v) is 18.0. The highest BCUT2D eigenvalue weighted by molar-refractivity contribution is 5.90. The van der Waals surface area contributed by atoms with Gasteiger partial charge in [-0.1, -0.05) is 139 Å². The van der Waals surface area contributed by atoms with Crippen molar-refractivity contribution in [3.8, 4) is 11.5 Å². The first kappa shape index (κ1) is 58.1. The molecule has 0 fully saturated rings. The zero-order valence-corrected chi connectivity index (χ0v) is 42.3. The molecule has 0 saturated carbocycles. The number of ether oxygens (including phenoxy) is 6. The molecule has 4 aromatic rings. The molecule has 0 radical (unpaired) electrons. The predicted molar refractivity (Wildman–Crippen MR) is 273 cm³/mol. The number of esters is 4. The van der Waals surface area contributed by atoms with Gasteiger partial charge in [0.15, 0.2) is 0 Å². The number of alkyl carbamates (subject to hydrolysis) is 1. The minimum atomic E-state index is -0.506.